The second-order valence-electron chi connectivity index (χ2n) is 5.62. The molecule has 108 valence electrons. The highest BCUT2D eigenvalue weighted by Crippen LogP contribution is 2.43. The van der Waals surface area contributed by atoms with Crippen LogP contribution in [-0.4, -0.2) is 23.3 Å². The number of nitrogens with two attached hydrogens (primary N) is 1. The summed E-state index contributed by atoms with van der Waals surface area (Å²) in [5.74, 6) is 0.774. The monoisotopic (exact) mass is 311 g/mol. The van der Waals surface area contributed by atoms with E-state index in [1.807, 2.05) is 12.1 Å². The summed E-state index contributed by atoms with van der Waals surface area (Å²) in [6.07, 6.45) is 5.69. The Hall–Kier alpha value is -0.840. The minimum Gasteiger partial charge on any atom is -0.490 e. The number of ether oxygens (including phenoxy) is 2. The van der Waals surface area contributed by atoms with Crippen molar-refractivity contribution in [1.82, 2.24) is 0 Å². The SMILES string of the molecule is NC(=S)c1ccc(OC2CCOC3(CCC3)C2)cc1Cl. The average Bonchev–Trinajstić information content (AvgIpc) is 2.37. The maximum atomic E-state index is 6.16. The van der Waals surface area contributed by atoms with Gasteiger partial charge in [-0.1, -0.05) is 23.8 Å². The molecule has 1 saturated heterocycles. The molecule has 2 N–H and O–H groups in total. The van der Waals surface area contributed by atoms with Crippen molar-refractivity contribution < 1.29 is 9.47 Å². The zero-order chi connectivity index (χ0) is 14.2. The molecule has 0 amide bonds. The number of hydrogen-bond donors (Lipinski definition) is 1. The molecular weight excluding hydrogens is 294 g/mol. The second-order valence-corrected chi connectivity index (χ2v) is 6.47. The Kier molecular flexibility index (Phi) is 3.89. The Bertz CT molecular complexity index is 531. The van der Waals surface area contributed by atoms with Crippen LogP contribution in [-0.2, 0) is 4.74 Å². The largest absolute Gasteiger partial charge is 0.490 e. The third kappa shape index (κ3) is 2.78. The Balaban J connectivity index is 1.68. The van der Waals surface area contributed by atoms with Crippen molar-refractivity contribution >= 4 is 28.8 Å². The van der Waals surface area contributed by atoms with Gasteiger partial charge in [0.15, 0.2) is 0 Å². The van der Waals surface area contributed by atoms with Crippen LogP contribution in [0.5, 0.6) is 5.75 Å². The van der Waals surface area contributed by atoms with Gasteiger partial charge in [0.1, 0.15) is 16.8 Å². The van der Waals surface area contributed by atoms with E-state index in [1.165, 1.54) is 6.42 Å². The van der Waals surface area contributed by atoms with Crippen LogP contribution in [0.4, 0.5) is 0 Å². The van der Waals surface area contributed by atoms with E-state index in [1.54, 1.807) is 6.07 Å². The van der Waals surface area contributed by atoms with Gasteiger partial charge in [-0.2, -0.15) is 0 Å². The lowest BCUT2D eigenvalue weighted by Gasteiger charge is -2.46. The summed E-state index contributed by atoms with van der Waals surface area (Å²) in [4.78, 5) is 0.307. The van der Waals surface area contributed by atoms with Crippen LogP contribution in [0.25, 0.3) is 0 Å². The van der Waals surface area contributed by atoms with Crippen LogP contribution >= 0.6 is 23.8 Å². The lowest BCUT2D eigenvalue weighted by atomic mass is 9.74. The van der Waals surface area contributed by atoms with E-state index in [9.17, 15) is 0 Å². The Morgan fingerprint density at radius 1 is 1.45 bits per heavy atom. The predicted molar refractivity (Wildman–Crippen MR) is 83.5 cm³/mol. The summed E-state index contributed by atoms with van der Waals surface area (Å²) >= 11 is 11.1. The van der Waals surface area contributed by atoms with Gasteiger partial charge in [0.25, 0.3) is 0 Å². The molecule has 1 spiro atoms. The summed E-state index contributed by atoms with van der Waals surface area (Å²) in [6.45, 7) is 0.781. The van der Waals surface area contributed by atoms with Crippen LogP contribution in [0.15, 0.2) is 18.2 Å². The molecule has 1 heterocycles. The van der Waals surface area contributed by atoms with Crippen molar-refractivity contribution in [2.24, 2.45) is 5.73 Å². The topological polar surface area (TPSA) is 44.5 Å². The van der Waals surface area contributed by atoms with E-state index in [2.05, 4.69) is 0 Å². The van der Waals surface area contributed by atoms with Gasteiger partial charge in [-0.25, -0.2) is 0 Å². The Morgan fingerprint density at radius 2 is 2.25 bits per heavy atom. The molecule has 0 bridgehead atoms. The van der Waals surface area contributed by atoms with Crippen molar-refractivity contribution in [3.8, 4) is 5.75 Å². The van der Waals surface area contributed by atoms with E-state index in [0.717, 1.165) is 38.0 Å². The summed E-state index contributed by atoms with van der Waals surface area (Å²) in [5.41, 5.74) is 6.38. The molecule has 5 heteroatoms. The quantitative estimate of drug-likeness (QED) is 0.868. The molecule has 1 atom stereocenters. The summed E-state index contributed by atoms with van der Waals surface area (Å²) in [7, 11) is 0. The van der Waals surface area contributed by atoms with Gasteiger partial charge in [0, 0.05) is 18.4 Å². The third-order valence-corrected chi connectivity index (χ3v) is 4.75. The first-order valence-electron chi connectivity index (χ1n) is 6.98. The van der Waals surface area contributed by atoms with Crippen molar-refractivity contribution in [2.45, 2.75) is 43.8 Å². The molecule has 1 aliphatic carbocycles. The van der Waals surface area contributed by atoms with Crippen molar-refractivity contribution in [3.63, 3.8) is 0 Å². The van der Waals surface area contributed by atoms with E-state index in [0.29, 0.717) is 15.6 Å². The maximum absolute atomic E-state index is 6.16. The lowest BCUT2D eigenvalue weighted by molar-refractivity contribution is -0.153. The van der Waals surface area contributed by atoms with Gasteiger partial charge in [-0.15, -0.1) is 0 Å². The fraction of sp³-hybridized carbons (Fsp3) is 0.533. The van der Waals surface area contributed by atoms with E-state index in [-0.39, 0.29) is 11.7 Å². The number of thiocarbonyl (C=S) groups is 1. The van der Waals surface area contributed by atoms with Crippen LogP contribution in [0, 0.1) is 0 Å². The van der Waals surface area contributed by atoms with Crippen molar-refractivity contribution in [3.05, 3.63) is 28.8 Å². The zero-order valence-corrected chi connectivity index (χ0v) is 12.8. The van der Waals surface area contributed by atoms with E-state index < -0.39 is 0 Å². The highest BCUT2D eigenvalue weighted by Gasteiger charge is 2.43. The molecule has 1 unspecified atom stereocenters. The third-order valence-electron chi connectivity index (χ3n) is 4.22. The van der Waals surface area contributed by atoms with Crippen LogP contribution in [0.1, 0.15) is 37.7 Å². The summed E-state index contributed by atoms with van der Waals surface area (Å²) in [5, 5.41) is 0.542. The molecule has 20 heavy (non-hydrogen) atoms. The predicted octanol–water partition coefficient (Wildman–Crippen LogP) is 3.45. The molecule has 0 radical (unpaired) electrons. The highest BCUT2D eigenvalue weighted by atomic mass is 35.5. The first kappa shape index (κ1) is 14.1. The molecule has 2 fully saturated rings. The van der Waals surface area contributed by atoms with Crippen molar-refractivity contribution in [1.29, 1.82) is 0 Å². The fourth-order valence-corrected chi connectivity index (χ4v) is 3.47. The van der Waals surface area contributed by atoms with E-state index in [4.69, 9.17) is 39.0 Å². The van der Waals surface area contributed by atoms with Gasteiger partial charge >= 0.3 is 0 Å². The first-order chi connectivity index (χ1) is 9.58. The zero-order valence-electron chi connectivity index (χ0n) is 11.2. The van der Waals surface area contributed by atoms with E-state index >= 15 is 0 Å². The molecule has 3 nitrogen and oxygen atoms in total. The standard InChI is InChI=1S/C15H18ClNO2S/c16-13-8-10(2-3-12(13)14(17)20)19-11-4-7-18-15(9-11)5-1-6-15/h2-3,8,11H,1,4-7,9H2,(H2,17,20). The van der Waals surface area contributed by atoms with Gasteiger partial charge in [0.2, 0.25) is 0 Å². The van der Waals surface area contributed by atoms with Gasteiger partial charge in [-0.05, 0) is 37.5 Å². The summed E-state index contributed by atoms with van der Waals surface area (Å²) in [6, 6.07) is 5.49. The van der Waals surface area contributed by atoms with Crippen LogP contribution in [0.3, 0.4) is 0 Å². The van der Waals surface area contributed by atoms with Crippen LogP contribution < -0.4 is 10.5 Å². The van der Waals surface area contributed by atoms with Gasteiger partial charge < -0.3 is 15.2 Å². The lowest BCUT2D eigenvalue weighted by Crippen LogP contribution is -2.48. The molecule has 1 aromatic carbocycles. The summed E-state index contributed by atoms with van der Waals surface area (Å²) < 4.78 is 12.0. The first-order valence-corrected chi connectivity index (χ1v) is 7.77. The molecule has 2 aliphatic rings. The molecule has 3 rings (SSSR count). The maximum Gasteiger partial charge on any atom is 0.121 e. The Labute approximate surface area is 129 Å². The molecule has 1 aliphatic heterocycles. The minimum absolute atomic E-state index is 0.0888. The normalized spacial score (nSPS) is 24.1. The average molecular weight is 312 g/mol. The van der Waals surface area contributed by atoms with Crippen molar-refractivity contribution in [2.75, 3.05) is 6.61 Å². The van der Waals surface area contributed by atoms with Gasteiger partial charge in [0.05, 0.1) is 17.2 Å². The number of benzene rings is 1. The second kappa shape index (κ2) is 5.51. The highest BCUT2D eigenvalue weighted by molar-refractivity contribution is 7.80. The fourth-order valence-electron chi connectivity index (χ4n) is 2.96. The number of rotatable bonds is 3. The van der Waals surface area contributed by atoms with Gasteiger partial charge in [-0.3, -0.25) is 0 Å². The van der Waals surface area contributed by atoms with Crippen LogP contribution in [0.2, 0.25) is 5.02 Å². The minimum atomic E-state index is 0.0888. The molecular formula is C15H18ClNO2S. The number of halogens is 1. The molecule has 0 aromatic heterocycles. The molecule has 1 saturated carbocycles. The number of hydrogen-bond acceptors (Lipinski definition) is 3. The smallest absolute Gasteiger partial charge is 0.121 e. The molecule has 1 aromatic rings. The Morgan fingerprint density at radius 3 is 2.85 bits per heavy atom.